The Bertz CT molecular complexity index is 1430. The molecule has 0 aliphatic carbocycles. The minimum Gasteiger partial charge on any atom is -0.406 e. The first-order valence-corrected chi connectivity index (χ1v) is 10.8. The quantitative estimate of drug-likeness (QED) is 0.291. The number of nitrogens with zero attached hydrogens (tertiary/aromatic N) is 4. The molecule has 0 atom stereocenters. The lowest BCUT2D eigenvalue weighted by Gasteiger charge is -2.12. The van der Waals surface area contributed by atoms with Crippen molar-refractivity contribution in [1.82, 2.24) is 20.0 Å². The number of amides is 1. The molecule has 1 amide bonds. The average Bonchev–Trinajstić information content (AvgIpc) is 3.11. The van der Waals surface area contributed by atoms with Crippen molar-refractivity contribution in [2.45, 2.75) is 26.0 Å². The average molecular weight is 574 g/mol. The number of fused-ring (bicyclic) bond motifs is 1. The smallest absolute Gasteiger partial charge is 0.406 e. The Balaban J connectivity index is 1.57. The number of halogens is 7. The topological polar surface area (TPSA) is 81.9 Å². The van der Waals surface area contributed by atoms with Crippen molar-refractivity contribution in [3.63, 3.8) is 0 Å². The van der Waals surface area contributed by atoms with E-state index in [9.17, 15) is 31.1 Å². The molecule has 0 saturated heterocycles. The maximum Gasteiger partial charge on any atom is 0.573 e. The molecule has 14 heteroatoms. The molecule has 7 nitrogen and oxygen atoms in total. The van der Waals surface area contributed by atoms with Gasteiger partial charge in [-0.15, -0.1) is 18.3 Å². The van der Waals surface area contributed by atoms with Crippen LogP contribution in [0.1, 0.15) is 27.3 Å². The van der Waals surface area contributed by atoms with Gasteiger partial charge in [0, 0.05) is 9.86 Å². The Kier molecular flexibility index (Phi) is 6.64. The van der Waals surface area contributed by atoms with Crippen molar-refractivity contribution >= 4 is 38.6 Å². The number of carbonyl (C=O) groups is 1. The lowest BCUT2D eigenvalue weighted by atomic mass is 10.1. The molecule has 36 heavy (non-hydrogen) atoms. The molecular formula is C22H14BrF6N5O2. The Labute approximate surface area is 207 Å². The van der Waals surface area contributed by atoms with Gasteiger partial charge in [-0.3, -0.25) is 4.79 Å². The van der Waals surface area contributed by atoms with Crippen molar-refractivity contribution in [3.8, 4) is 5.75 Å². The largest absolute Gasteiger partial charge is 0.573 e. The van der Waals surface area contributed by atoms with Gasteiger partial charge < -0.3 is 10.1 Å². The molecule has 4 aromatic rings. The minimum absolute atomic E-state index is 0.00513. The van der Waals surface area contributed by atoms with E-state index in [1.807, 2.05) is 0 Å². The third kappa shape index (κ3) is 5.75. The number of aromatic nitrogens is 4. The first kappa shape index (κ1) is 25.4. The fourth-order valence-corrected chi connectivity index (χ4v) is 3.66. The van der Waals surface area contributed by atoms with E-state index in [4.69, 9.17) is 0 Å². The molecule has 0 unspecified atom stereocenters. The zero-order chi connectivity index (χ0) is 26.3. The van der Waals surface area contributed by atoms with Gasteiger partial charge in [-0.25, -0.2) is 9.67 Å². The first-order valence-electron chi connectivity index (χ1n) is 10.0. The molecule has 0 radical (unpaired) electrons. The molecular weight excluding hydrogens is 560 g/mol. The number of carbonyl (C=O) groups excluding carboxylic acids is 1. The van der Waals surface area contributed by atoms with E-state index in [-0.39, 0.29) is 34.6 Å². The Morgan fingerprint density at radius 2 is 1.75 bits per heavy atom. The van der Waals surface area contributed by atoms with E-state index < -0.39 is 24.1 Å². The number of ether oxygens (including phenoxy) is 1. The number of rotatable bonds is 5. The number of pyridine rings is 1. The molecule has 4 rings (SSSR count). The van der Waals surface area contributed by atoms with Crippen LogP contribution in [-0.4, -0.2) is 32.2 Å². The summed E-state index contributed by atoms with van der Waals surface area (Å²) < 4.78 is 82.8. The summed E-state index contributed by atoms with van der Waals surface area (Å²) in [6, 6.07) is 10.1. The zero-order valence-corrected chi connectivity index (χ0v) is 19.7. The third-order valence-electron chi connectivity index (χ3n) is 5.01. The van der Waals surface area contributed by atoms with Crippen LogP contribution < -0.4 is 10.1 Å². The highest BCUT2D eigenvalue weighted by Gasteiger charge is 2.34. The van der Waals surface area contributed by atoms with Gasteiger partial charge >= 0.3 is 12.5 Å². The van der Waals surface area contributed by atoms with Gasteiger partial charge in [-0.2, -0.15) is 13.2 Å². The van der Waals surface area contributed by atoms with Crippen LogP contribution in [0.25, 0.3) is 10.9 Å². The molecule has 2 aromatic heterocycles. The molecule has 0 fully saturated rings. The Morgan fingerprint density at radius 3 is 2.39 bits per heavy atom. The number of anilines is 1. The van der Waals surface area contributed by atoms with Crippen LogP contribution in [0.2, 0.25) is 0 Å². The maximum absolute atomic E-state index is 13.4. The second-order valence-corrected chi connectivity index (χ2v) is 8.46. The molecule has 1 N–H and O–H groups in total. The van der Waals surface area contributed by atoms with E-state index in [0.717, 1.165) is 12.1 Å². The van der Waals surface area contributed by atoms with Crippen molar-refractivity contribution in [1.29, 1.82) is 0 Å². The standard InChI is InChI=1S/C22H14BrF6N5O2/c1-11-19(32-33-34(11)10-12-2-5-14(6-3-12)36-22(27,28)29)31-20(35)16-9-18(21(24,25)26)30-17-7-4-13(23)8-15(16)17/h2-9H,10H2,1H3,(H,31,35). The number of nitrogens with one attached hydrogen (secondary N) is 1. The van der Waals surface area contributed by atoms with Crippen LogP contribution in [-0.2, 0) is 12.7 Å². The highest BCUT2D eigenvalue weighted by molar-refractivity contribution is 9.10. The van der Waals surface area contributed by atoms with Gasteiger partial charge in [-0.1, -0.05) is 33.3 Å². The van der Waals surface area contributed by atoms with Gasteiger partial charge in [-0.05, 0) is 48.9 Å². The lowest BCUT2D eigenvalue weighted by Crippen LogP contribution is -2.17. The molecule has 2 aromatic carbocycles. The van der Waals surface area contributed by atoms with Gasteiger partial charge in [0.05, 0.1) is 23.3 Å². The third-order valence-corrected chi connectivity index (χ3v) is 5.50. The fraction of sp³-hybridized carbons (Fsp3) is 0.182. The monoisotopic (exact) mass is 573 g/mol. The van der Waals surface area contributed by atoms with Crippen LogP contribution in [0.5, 0.6) is 5.75 Å². The normalized spacial score (nSPS) is 12.1. The van der Waals surface area contributed by atoms with Gasteiger partial charge in [0.25, 0.3) is 5.91 Å². The maximum atomic E-state index is 13.4. The summed E-state index contributed by atoms with van der Waals surface area (Å²) in [4.78, 5) is 16.6. The minimum atomic E-state index is -4.81. The van der Waals surface area contributed by atoms with E-state index in [2.05, 4.69) is 41.3 Å². The highest BCUT2D eigenvalue weighted by atomic mass is 79.9. The lowest BCUT2D eigenvalue weighted by molar-refractivity contribution is -0.274. The predicted octanol–water partition coefficient (Wildman–Crippen LogP) is 6.12. The summed E-state index contributed by atoms with van der Waals surface area (Å²) in [7, 11) is 0. The fourth-order valence-electron chi connectivity index (χ4n) is 3.30. The van der Waals surface area contributed by atoms with Crippen molar-refractivity contribution in [3.05, 3.63) is 75.5 Å². The SMILES string of the molecule is Cc1c(NC(=O)c2cc(C(F)(F)F)nc3ccc(Br)cc23)nnn1Cc1ccc(OC(F)(F)F)cc1. The number of hydrogen-bond acceptors (Lipinski definition) is 5. The molecule has 2 heterocycles. The van der Waals surface area contributed by atoms with E-state index in [0.29, 0.717) is 21.8 Å². The highest BCUT2D eigenvalue weighted by Crippen LogP contribution is 2.32. The van der Waals surface area contributed by atoms with Crippen molar-refractivity contribution in [2.24, 2.45) is 0 Å². The van der Waals surface area contributed by atoms with Crippen LogP contribution in [0.3, 0.4) is 0 Å². The van der Waals surface area contributed by atoms with Crippen molar-refractivity contribution in [2.75, 3.05) is 5.32 Å². The number of hydrogen-bond donors (Lipinski definition) is 1. The molecule has 0 aliphatic heterocycles. The second kappa shape index (κ2) is 9.41. The summed E-state index contributed by atoms with van der Waals surface area (Å²) >= 11 is 3.23. The van der Waals surface area contributed by atoms with Gasteiger partial charge in [0.15, 0.2) is 5.82 Å². The summed E-state index contributed by atoms with van der Waals surface area (Å²) in [6.07, 6.45) is -9.58. The van der Waals surface area contributed by atoms with Gasteiger partial charge in [0.1, 0.15) is 11.4 Å². The van der Waals surface area contributed by atoms with Crippen LogP contribution in [0.4, 0.5) is 32.2 Å². The van der Waals surface area contributed by atoms with Crippen LogP contribution in [0.15, 0.2) is 53.0 Å². The second-order valence-electron chi connectivity index (χ2n) is 7.54. The summed E-state index contributed by atoms with van der Waals surface area (Å²) in [6.45, 7) is 1.67. The number of benzene rings is 2. The van der Waals surface area contributed by atoms with E-state index in [1.54, 1.807) is 6.92 Å². The first-order chi connectivity index (χ1) is 16.8. The van der Waals surface area contributed by atoms with Crippen molar-refractivity contribution < 1.29 is 35.9 Å². The molecule has 0 aliphatic rings. The molecule has 0 bridgehead atoms. The summed E-state index contributed by atoms with van der Waals surface area (Å²) in [5, 5.41) is 10.5. The zero-order valence-electron chi connectivity index (χ0n) is 18.1. The number of alkyl halides is 6. The Hall–Kier alpha value is -3.68. The van der Waals surface area contributed by atoms with Gasteiger partial charge in [0.2, 0.25) is 0 Å². The summed E-state index contributed by atoms with van der Waals surface area (Å²) in [5.74, 6) is -1.23. The van der Waals surface area contributed by atoms with E-state index in [1.165, 1.54) is 35.0 Å². The van der Waals surface area contributed by atoms with Crippen LogP contribution in [0, 0.1) is 6.92 Å². The summed E-state index contributed by atoms with van der Waals surface area (Å²) in [5.41, 5.74) is -0.565. The molecule has 188 valence electrons. The molecule has 0 spiro atoms. The predicted molar refractivity (Wildman–Crippen MR) is 119 cm³/mol. The Morgan fingerprint density at radius 1 is 1.06 bits per heavy atom. The van der Waals surface area contributed by atoms with Crippen LogP contribution >= 0.6 is 15.9 Å². The van der Waals surface area contributed by atoms with E-state index >= 15 is 0 Å². The molecule has 0 saturated carbocycles.